The van der Waals surface area contributed by atoms with Crippen LogP contribution in [0.1, 0.15) is 83.7 Å². The molecule has 0 radical (unpaired) electrons. The van der Waals surface area contributed by atoms with E-state index in [2.05, 4.69) is 43.1 Å². The van der Waals surface area contributed by atoms with Crippen molar-refractivity contribution in [2.75, 3.05) is 56.0 Å². The number of piperazine rings is 1. The zero-order chi connectivity index (χ0) is 36.5. The Balaban J connectivity index is 1.11. The molecule has 12 heteroatoms. The zero-order valence-electron chi connectivity index (χ0n) is 31.0. The third-order valence-corrected chi connectivity index (χ3v) is 11.7. The molecule has 6 rings (SSSR count). The predicted octanol–water partition coefficient (Wildman–Crippen LogP) is 6.55. The number of benzene rings is 2. The lowest BCUT2D eigenvalue weighted by Gasteiger charge is -2.40. The molecule has 5 amide bonds. The maximum atomic E-state index is 14.2. The van der Waals surface area contributed by atoms with Crippen LogP contribution in [-0.4, -0.2) is 106 Å². The number of urea groups is 1. The average Bonchev–Trinajstić information content (AvgIpc) is 3.40. The molecule has 51 heavy (non-hydrogen) atoms. The molecular formula is C39H54N6O5S. The molecule has 1 N–H and O–H groups in total. The van der Waals surface area contributed by atoms with Crippen LogP contribution in [0.4, 0.5) is 21.0 Å². The summed E-state index contributed by atoms with van der Waals surface area (Å²) in [4.78, 5) is 63.4. The molecule has 2 atom stereocenters. The van der Waals surface area contributed by atoms with Gasteiger partial charge in [-0.15, -0.1) is 11.8 Å². The number of carbonyl (C=O) groups is 4. The van der Waals surface area contributed by atoms with Gasteiger partial charge in [-0.05, 0) is 63.1 Å². The van der Waals surface area contributed by atoms with E-state index in [9.17, 15) is 19.2 Å². The summed E-state index contributed by atoms with van der Waals surface area (Å²) in [5.41, 5.74) is 3.58. The van der Waals surface area contributed by atoms with Crippen molar-refractivity contribution < 1.29 is 23.9 Å². The number of rotatable bonds is 7. The summed E-state index contributed by atoms with van der Waals surface area (Å²) >= 11 is 1.59. The number of nitrogens with zero attached hydrogens (tertiary/aromatic N) is 5. The Hall–Kier alpha value is -3.93. The number of hydrogen-bond donors (Lipinski definition) is 1. The SMILES string of the molecule is CC(C)(C)CCN1C(=O)C(CC(=O)N2CCC(N3Cc4ccccc4NC3=O)CC2)SC1c1ccccc1N1CCN(C(=O)OC(C)(C)C)CC1. The van der Waals surface area contributed by atoms with E-state index in [1.165, 1.54) is 0 Å². The monoisotopic (exact) mass is 718 g/mol. The highest BCUT2D eigenvalue weighted by atomic mass is 32.2. The van der Waals surface area contributed by atoms with Crippen LogP contribution in [0.3, 0.4) is 0 Å². The Morgan fingerprint density at radius 1 is 0.863 bits per heavy atom. The number of ether oxygens (including phenoxy) is 1. The lowest BCUT2D eigenvalue weighted by molar-refractivity contribution is -0.137. The number of carbonyl (C=O) groups excluding carboxylic acids is 4. The maximum Gasteiger partial charge on any atom is 0.410 e. The summed E-state index contributed by atoms with van der Waals surface area (Å²) < 4.78 is 5.61. The van der Waals surface area contributed by atoms with Crippen molar-refractivity contribution in [3.8, 4) is 0 Å². The molecule has 4 aliphatic rings. The lowest BCUT2D eigenvalue weighted by Crippen LogP contribution is -2.51. The van der Waals surface area contributed by atoms with Crippen molar-refractivity contribution in [2.45, 2.75) is 96.0 Å². The number of nitrogens with one attached hydrogen (secondary N) is 1. The molecule has 0 saturated carbocycles. The van der Waals surface area contributed by atoms with Crippen LogP contribution >= 0.6 is 11.8 Å². The van der Waals surface area contributed by atoms with Crippen LogP contribution in [0.2, 0.25) is 0 Å². The van der Waals surface area contributed by atoms with Crippen LogP contribution in [-0.2, 0) is 20.9 Å². The highest BCUT2D eigenvalue weighted by molar-refractivity contribution is 8.01. The second kappa shape index (κ2) is 15.0. The minimum absolute atomic E-state index is 0.00397. The van der Waals surface area contributed by atoms with E-state index in [1.807, 2.05) is 71.9 Å². The minimum atomic E-state index is -0.545. The quantitative estimate of drug-likeness (QED) is 0.346. The number of fused-ring (bicyclic) bond motifs is 1. The maximum absolute atomic E-state index is 14.2. The molecule has 0 aromatic heterocycles. The van der Waals surface area contributed by atoms with Gasteiger partial charge in [0.05, 0.1) is 5.25 Å². The zero-order valence-corrected chi connectivity index (χ0v) is 31.8. The van der Waals surface area contributed by atoms with E-state index in [0.717, 1.165) is 28.9 Å². The third kappa shape index (κ3) is 8.76. The Labute approximate surface area is 307 Å². The number of para-hydroxylation sites is 2. The second-order valence-electron chi connectivity index (χ2n) is 16.4. The number of anilines is 2. The van der Waals surface area contributed by atoms with Gasteiger partial charge in [-0.3, -0.25) is 9.59 Å². The van der Waals surface area contributed by atoms with Gasteiger partial charge in [0.2, 0.25) is 11.8 Å². The van der Waals surface area contributed by atoms with Crippen LogP contribution in [0.15, 0.2) is 48.5 Å². The summed E-state index contributed by atoms with van der Waals surface area (Å²) in [6, 6.07) is 16.1. The summed E-state index contributed by atoms with van der Waals surface area (Å²) in [7, 11) is 0. The topological polar surface area (TPSA) is 106 Å². The first-order valence-corrected chi connectivity index (χ1v) is 19.3. The predicted molar refractivity (Wildman–Crippen MR) is 202 cm³/mol. The fourth-order valence-corrected chi connectivity index (χ4v) is 8.82. The van der Waals surface area contributed by atoms with Crippen LogP contribution in [0, 0.1) is 5.41 Å². The van der Waals surface area contributed by atoms with Gasteiger partial charge in [-0.25, -0.2) is 9.59 Å². The van der Waals surface area contributed by atoms with Gasteiger partial charge in [-0.2, -0.15) is 0 Å². The molecule has 3 fully saturated rings. The van der Waals surface area contributed by atoms with Gasteiger partial charge in [0.25, 0.3) is 0 Å². The average molecular weight is 719 g/mol. The van der Waals surface area contributed by atoms with Crippen LogP contribution < -0.4 is 10.2 Å². The molecule has 276 valence electrons. The standard InChI is InChI=1S/C39H54N6O5S/c1-38(2,3)17-20-44-34(47)32(25-33(46)42-18-15-28(16-19-42)45-26-27-11-7-9-13-30(27)40-36(45)48)51-35(44)29-12-8-10-14-31(29)41-21-23-43(24-22-41)37(49)50-39(4,5)6/h7-14,28,32,35H,15-26H2,1-6H3,(H,40,48). The molecule has 4 aliphatic heterocycles. The van der Waals surface area contributed by atoms with Crippen molar-refractivity contribution in [3.05, 3.63) is 59.7 Å². The number of amides is 5. The van der Waals surface area contributed by atoms with Crippen molar-refractivity contribution >= 4 is 47.1 Å². The summed E-state index contributed by atoms with van der Waals surface area (Å²) in [6.45, 7) is 16.9. The summed E-state index contributed by atoms with van der Waals surface area (Å²) in [6.07, 6.45) is 2.13. The van der Waals surface area contributed by atoms with E-state index in [4.69, 9.17) is 4.74 Å². The van der Waals surface area contributed by atoms with Gasteiger partial charge in [0.1, 0.15) is 11.0 Å². The fourth-order valence-electron chi connectivity index (χ4n) is 7.32. The largest absolute Gasteiger partial charge is 0.444 e. The number of likely N-dealkylation sites (tertiary alicyclic amines) is 1. The molecule has 0 spiro atoms. The van der Waals surface area contributed by atoms with Gasteiger partial charge >= 0.3 is 12.1 Å². The van der Waals surface area contributed by atoms with Crippen molar-refractivity contribution in [2.24, 2.45) is 5.41 Å². The Morgan fingerprint density at radius 3 is 2.22 bits per heavy atom. The summed E-state index contributed by atoms with van der Waals surface area (Å²) in [5.74, 6) is 0.0152. The Morgan fingerprint density at radius 2 is 1.53 bits per heavy atom. The molecule has 0 aliphatic carbocycles. The third-order valence-electron chi connectivity index (χ3n) is 10.2. The molecular weight excluding hydrogens is 665 g/mol. The van der Waals surface area contributed by atoms with E-state index >= 15 is 0 Å². The van der Waals surface area contributed by atoms with E-state index < -0.39 is 10.9 Å². The molecule has 0 bridgehead atoms. The molecule has 2 aromatic carbocycles. The van der Waals surface area contributed by atoms with Crippen molar-refractivity contribution in [3.63, 3.8) is 0 Å². The van der Waals surface area contributed by atoms with Gasteiger partial charge in [0.15, 0.2) is 0 Å². The first-order valence-electron chi connectivity index (χ1n) is 18.4. The molecule has 2 aromatic rings. The first kappa shape index (κ1) is 36.8. The van der Waals surface area contributed by atoms with Crippen molar-refractivity contribution in [1.82, 2.24) is 19.6 Å². The van der Waals surface area contributed by atoms with Crippen LogP contribution in [0.5, 0.6) is 0 Å². The van der Waals surface area contributed by atoms with Gasteiger partial charge in [-0.1, -0.05) is 57.2 Å². The van der Waals surface area contributed by atoms with Gasteiger partial charge in [0, 0.05) is 81.8 Å². The highest BCUT2D eigenvalue weighted by Gasteiger charge is 2.44. The lowest BCUT2D eigenvalue weighted by atomic mass is 9.92. The molecule has 2 unspecified atom stereocenters. The van der Waals surface area contributed by atoms with E-state index in [1.54, 1.807) is 16.7 Å². The van der Waals surface area contributed by atoms with Crippen LogP contribution in [0.25, 0.3) is 0 Å². The van der Waals surface area contributed by atoms with E-state index in [-0.39, 0.29) is 47.2 Å². The normalized spacial score (nSPS) is 21.9. The number of thioether (sulfide) groups is 1. The van der Waals surface area contributed by atoms with E-state index in [0.29, 0.717) is 65.2 Å². The molecule has 11 nitrogen and oxygen atoms in total. The number of hydrogen-bond acceptors (Lipinski definition) is 7. The van der Waals surface area contributed by atoms with Gasteiger partial charge < -0.3 is 34.6 Å². The Bertz CT molecular complexity index is 1610. The smallest absolute Gasteiger partial charge is 0.410 e. The Kier molecular flexibility index (Phi) is 10.8. The molecule has 3 saturated heterocycles. The highest BCUT2D eigenvalue weighted by Crippen LogP contribution is 2.48. The summed E-state index contributed by atoms with van der Waals surface area (Å²) in [5, 5.41) is 2.32. The minimum Gasteiger partial charge on any atom is -0.444 e. The van der Waals surface area contributed by atoms with Crippen molar-refractivity contribution in [1.29, 1.82) is 0 Å². The first-order chi connectivity index (χ1) is 24.2. The second-order valence-corrected chi connectivity index (χ2v) is 17.7. The fraction of sp³-hybridized carbons (Fsp3) is 0.590. The molecule has 4 heterocycles. The number of piperidine rings is 1.